The number of alkyl halides is 3. The molecule has 3 amide bonds. The number of hydrogen-bond donors (Lipinski definition) is 1. The molecule has 2 aromatic carbocycles. The molecular formula is C22H18F3N3O5S. The number of urea groups is 1. The number of methoxy groups -OCH3 is 1. The second-order valence-corrected chi connectivity index (χ2v) is 9.79. The largest absolute Gasteiger partial charge is 0.501 e. The number of fused-ring (bicyclic) bond motifs is 1. The molecule has 0 bridgehead atoms. The lowest BCUT2D eigenvalue weighted by Gasteiger charge is -2.23. The van der Waals surface area contributed by atoms with Gasteiger partial charge in [0.25, 0.3) is 15.7 Å². The average Bonchev–Trinajstić information content (AvgIpc) is 3.00. The van der Waals surface area contributed by atoms with Gasteiger partial charge in [-0.3, -0.25) is 9.78 Å². The fourth-order valence-electron chi connectivity index (χ4n) is 3.89. The van der Waals surface area contributed by atoms with E-state index < -0.39 is 37.7 Å². The zero-order valence-electron chi connectivity index (χ0n) is 17.9. The molecule has 3 aromatic rings. The second-order valence-electron chi connectivity index (χ2n) is 7.85. The Morgan fingerprint density at radius 1 is 1.09 bits per heavy atom. The zero-order valence-corrected chi connectivity index (χ0v) is 18.7. The smallest absolute Gasteiger partial charge is 0.496 e. The Morgan fingerprint density at radius 2 is 1.76 bits per heavy atom. The Balaban J connectivity index is 1.67. The monoisotopic (exact) mass is 493 g/mol. The number of halogens is 3. The Labute approximate surface area is 192 Å². The van der Waals surface area contributed by atoms with Gasteiger partial charge in [0, 0.05) is 18.0 Å². The molecule has 2 heterocycles. The van der Waals surface area contributed by atoms with Crippen molar-refractivity contribution in [2.24, 2.45) is 0 Å². The van der Waals surface area contributed by atoms with E-state index in [2.05, 4.69) is 10.3 Å². The summed E-state index contributed by atoms with van der Waals surface area (Å²) >= 11 is 0. The lowest BCUT2D eigenvalue weighted by Crippen LogP contribution is -2.46. The number of nitrogens with one attached hydrogen (secondary N) is 1. The Morgan fingerprint density at radius 3 is 2.38 bits per heavy atom. The van der Waals surface area contributed by atoms with Gasteiger partial charge in [0.05, 0.1) is 23.2 Å². The number of aromatic nitrogens is 1. The van der Waals surface area contributed by atoms with E-state index in [-0.39, 0.29) is 12.1 Å². The predicted molar refractivity (Wildman–Crippen MR) is 116 cm³/mol. The van der Waals surface area contributed by atoms with Crippen LogP contribution in [0.3, 0.4) is 0 Å². The summed E-state index contributed by atoms with van der Waals surface area (Å²) in [6.45, 7) is 1.53. The highest BCUT2D eigenvalue weighted by atomic mass is 32.2. The first kappa shape index (κ1) is 23.5. The summed E-state index contributed by atoms with van der Waals surface area (Å²) in [5.74, 6) is -0.108. The normalized spacial score (nSPS) is 18.9. The molecule has 178 valence electrons. The molecule has 0 aliphatic carbocycles. The number of ether oxygens (including phenoxy) is 1. The molecule has 0 radical (unpaired) electrons. The van der Waals surface area contributed by atoms with E-state index in [4.69, 9.17) is 4.74 Å². The second kappa shape index (κ2) is 7.97. The highest BCUT2D eigenvalue weighted by Crippen LogP contribution is 2.35. The summed E-state index contributed by atoms with van der Waals surface area (Å²) < 4.78 is 66.9. The van der Waals surface area contributed by atoms with Crippen LogP contribution >= 0.6 is 0 Å². The molecule has 1 aliphatic rings. The van der Waals surface area contributed by atoms with Crippen LogP contribution < -0.4 is 15.0 Å². The van der Waals surface area contributed by atoms with Gasteiger partial charge in [0.2, 0.25) is 0 Å². The highest BCUT2D eigenvalue weighted by Gasteiger charge is 2.49. The summed E-state index contributed by atoms with van der Waals surface area (Å²) in [6.07, 6.45) is 1.65. The molecule has 8 nitrogen and oxygen atoms in total. The third kappa shape index (κ3) is 3.73. The van der Waals surface area contributed by atoms with E-state index in [0.717, 1.165) is 17.0 Å². The minimum Gasteiger partial charge on any atom is -0.496 e. The van der Waals surface area contributed by atoms with Crippen LogP contribution in [0.15, 0.2) is 59.6 Å². The van der Waals surface area contributed by atoms with Crippen molar-refractivity contribution in [3.63, 3.8) is 0 Å². The van der Waals surface area contributed by atoms with Crippen molar-refractivity contribution < 1.29 is 35.9 Å². The quantitative estimate of drug-likeness (QED) is 0.545. The SMILES string of the molecule is COc1cccc2nccc(CC3(C)NC(=O)N(c4ccc(S(=O)(=O)C(F)(F)F)cc4)C3=O)c12. The number of pyridine rings is 1. The van der Waals surface area contributed by atoms with E-state index in [1.54, 1.807) is 30.5 Å². The van der Waals surface area contributed by atoms with Crippen LogP contribution in [-0.2, 0) is 21.1 Å². The van der Waals surface area contributed by atoms with Gasteiger partial charge >= 0.3 is 11.5 Å². The molecule has 1 aromatic heterocycles. The molecule has 1 aliphatic heterocycles. The number of sulfone groups is 1. The van der Waals surface area contributed by atoms with Crippen LogP contribution in [-0.4, -0.2) is 43.5 Å². The summed E-state index contributed by atoms with van der Waals surface area (Å²) in [6, 6.07) is 9.57. The Hall–Kier alpha value is -3.67. The van der Waals surface area contributed by atoms with E-state index in [0.29, 0.717) is 34.3 Å². The standard InChI is InChI=1S/C22H18F3N3O5S/c1-21(12-13-10-11-26-16-4-3-5-17(33-2)18(13)16)19(29)28(20(30)27-21)14-6-8-15(9-7-14)34(31,32)22(23,24)25/h3-11H,12H2,1-2H3,(H,27,30). The van der Waals surface area contributed by atoms with Crippen LogP contribution in [0.2, 0.25) is 0 Å². The topological polar surface area (TPSA) is 106 Å². The van der Waals surface area contributed by atoms with Crippen molar-refractivity contribution in [3.05, 3.63) is 60.3 Å². The summed E-state index contributed by atoms with van der Waals surface area (Å²) in [5, 5.41) is 3.30. The fraction of sp³-hybridized carbons (Fsp3) is 0.227. The lowest BCUT2D eigenvalue weighted by atomic mass is 9.90. The van der Waals surface area contributed by atoms with Crippen LogP contribution in [0.1, 0.15) is 12.5 Å². The number of nitrogens with zero attached hydrogens (tertiary/aromatic N) is 2. The molecule has 12 heteroatoms. The molecule has 34 heavy (non-hydrogen) atoms. The van der Waals surface area contributed by atoms with Crippen LogP contribution in [0.25, 0.3) is 10.9 Å². The Kier molecular flexibility index (Phi) is 5.51. The number of carbonyl (C=O) groups is 2. The van der Waals surface area contributed by atoms with Gasteiger partial charge in [0.1, 0.15) is 11.3 Å². The third-order valence-electron chi connectivity index (χ3n) is 5.55. The number of amides is 3. The highest BCUT2D eigenvalue weighted by molar-refractivity contribution is 7.92. The first-order valence-corrected chi connectivity index (χ1v) is 11.4. The van der Waals surface area contributed by atoms with Gasteiger partial charge in [-0.05, 0) is 55.0 Å². The van der Waals surface area contributed by atoms with Gasteiger partial charge in [0.15, 0.2) is 0 Å². The summed E-state index contributed by atoms with van der Waals surface area (Å²) in [4.78, 5) is 30.0. The summed E-state index contributed by atoms with van der Waals surface area (Å²) in [5.41, 5.74) is -5.60. The third-order valence-corrected chi connectivity index (χ3v) is 7.05. The van der Waals surface area contributed by atoms with Crippen molar-refractivity contribution in [1.29, 1.82) is 0 Å². The van der Waals surface area contributed by atoms with Crippen LogP contribution in [0.4, 0.5) is 23.7 Å². The average molecular weight is 493 g/mol. The number of rotatable bonds is 5. The van der Waals surface area contributed by atoms with E-state index in [1.165, 1.54) is 14.0 Å². The molecule has 1 unspecified atom stereocenters. The first-order valence-electron chi connectivity index (χ1n) is 9.88. The minimum absolute atomic E-state index is 0.0653. The number of hydrogen-bond acceptors (Lipinski definition) is 6. The summed E-state index contributed by atoms with van der Waals surface area (Å²) in [7, 11) is -4.06. The van der Waals surface area contributed by atoms with E-state index in [1.807, 2.05) is 0 Å². The van der Waals surface area contributed by atoms with Crippen molar-refractivity contribution in [2.75, 3.05) is 12.0 Å². The van der Waals surface area contributed by atoms with E-state index in [9.17, 15) is 31.2 Å². The van der Waals surface area contributed by atoms with Crippen molar-refractivity contribution in [2.45, 2.75) is 29.3 Å². The fourth-order valence-corrected chi connectivity index (χ4v) is 4.65. The molecular weight excluding hydrogens is 475 g/mol. The number of benzene rings is 2. The van der Waals surface area contributed by atoms with Crippen LogP contribution in [0.5, 0.6) is 5.75 Å². The Bertz CT molecular complexity index is 1400. The van der Waals surface area contributed by atoms with Crippen LogP contribution in [0, 0.1) is 0 Å². The van der Waals surface area contributed by atoms with Gasteiger partial charge in [-0.25, -0.2) is 18.1 Å². The first-order chi connectivity index (χ1) is 15.9. The molecule has 0 spiro atoms. The van der Waals surface area contributed by atoms with Crippen molar-refractivity contribution in [3.8, 4) is 5.75 Å². The van der Waals surface area contributed by atoms with Gasteiger partial charge < -0.3 is 10.1 Å². The number of imide groups is 1. The molecule has 1 N–H and O–H groups in total. The van der Waals surface area contributed by atoms with Gasteiger partial charge in [-0.2, -0.15) is 13.2 Å². The van der Waals surface area contributed by atoms with Gasteiger partial charge in [-0.15, -0.1) is 0 Å². The van der Waals surface area contributed by atoms with Crippen molar-refractivity contribution in [1.82, 2.24) is 10.3 Å². The lowest BCUT2D eigenvalue weighted by molar-refractivity contribution is -0.121. The van der Waals surface area contributed by atoms with Crippen molar-refractivity contribution >= 4 is 38.4 Å². The maximum absolute atomic E-state index is 13.3. The van der Waals surface area contributed by atoms with E-state index >= 15 is 0 Å². The maximum Gasteiger partial charge on any atom is 0.501 e. The molecule has 4 rings (SSSR count). The molecule has 1 fully saturated rings. The maximum atomic E-state index is 13.3. The molecule has 0 saturated carbocycles. The number of carbonyl (C=O) groups excluding carboxylic acids is 2. The number of anilines is 1. The molecule has 1 saturated heterocycles. The minimum atomic E-state index is -5.56. The predicted octanol–water partition coefficient (Wildman–Crippen LogP) is 3.59. The zero-order chi connectivity index (χ0) is 24.9. The molecule has 1 atom stereocenters. The van der Waals surface area contributed by atoms with Gasteiger partial charge in [-0.1, -0.05) is 6.07 Å².